The van der Waals surface area contributed by atoms with E-state index in [0.717, 1.165) is 13.4 Å². The molecule has 0 amide bonds. The summed E-state index contributed by atoms with van der Waals surface area (Å²) in [7, 11) is 0. The zero-order valence-electron chi connectivity index (χ0n) is 8.60. The number of benzene rings is 2. The molecule has 16 heavy (non-hydrogen) atoms. The maximum absolute atomic E-state index is 3.63. The zero-order chi connectivity index (χ0) is 11.7. The lowest BCUT2D eigenvalue weighted by Gasteiger charge is -2.11. The van der Waals surface area contributed by atoms with Gasteiger partial charge in [0.2, 0.25) is 0 Å². The maximum atomic E-state index is 3.63. The Morgan fingerprint density at radius 3 is 2.12 bits per heavy atom. The average molecular weight is 405 g/mol. The SMILES string of the molecule is Cc1c(Br)cc(-c2ccccc2)c(Br)c1Br. The fraction of sp³-hybridized carbons (Fsp3) is 0.0769. The molecule has 0 aliphatic heterocycles. The van der Waals surface area contributed by atoms with E-state index >= 15 is 0 Å². The Morgan fingerprint density at radius 1 is 0.875 bits per heavy atom. The zero-order valence-corrected chi connectivity index (χ0v) is 13.4. The van der Waals surface area contributed by atoms with E-state index in [2.05, 4.69) is 72.9 Å². The fourth-order valence-corrected chi connectivity index (χ4v) is 3.27. The van der Waals surface area contributed by atoms with Crippen molar-refractivity contribution in [3.8, 4) is 11.1 Å². The van der Waals surface area contributed by atoms with Crippen molar-refractivity contribution in [2.24, 2.45) is 0 Å². The molecule has 2 aromatic carbocycles. The van der Waals surface area contributed by atoms with Gasteiger partial charge in [0, 0.05) is 13.4 Å². The molecular formula is C13H9Br3. The average Bonchev–Trinajstić information content (AvgIpc) is 2.32. The van der Waals surface area contributed by atoms with E-state index in [9.17, 15) is 0 Å². The van der Waals surface area contributed by atoms with Crippen molar-refractivity contribution >= 4 is 47.8 Å². The van der Waals surface area contributed by atoms with Gasteiger partial charge in [0.05, 0.1) is 0 Å². The van der Waals surface area contributed by atoms with Crippen LogP contribution in [0.5, 0.6) is 0 Å². The molecule has 0 saturated carbocycles. The third kappa shape index (κ3) is 2.27. The summed E-state index contributed by atoms with van der Waals surface area (Å²) in [6.45, 7) is 2.08. The summed E-state index contributed by atoms with van der Waals surface area (Å²) in [6.07, 6.45) is 0. The summed E-state index contributed by atoms with van der Waals surface area (Å²) in [5, 5.41) is 0. The van der Waals surface area contributed by atoms with E-state index in [0.29, 0.717) is 0 Å². The molecule has 0 spiro atoms. The maximum Gasteiger partial charge on any atom is 0.0399 e. The summed E-state index contributed by atoms with van der Waals surface area (Å²) in [4.78, 5) is 0. The molecule has 0 aliphatic carbocycles. The third-order valence-electron chi connectivity index (χ3n) is 2.47. The normalized spacial score (nSPS) is 10.5. The monoisotopic (exact) mass is 402 g/mol. The standard InChI is InChI=1S/C13H9Br3/c1-8-11(14)7-10(13(16)12(8)15)9-5-3-2-4-6-9/h2-7H,1H3. The van der Waals surface area contributed by atoms with E-state index in [1.165, 1.54) is 16.7 Å². The van der Waals surface area contributed by atoms with Crippen LogP contribution in [0.15, 0.2) is 49.8 Å². The minimum atomic E-state index is 1.10. The van der Waals surface area contributed by atoms with Crippen molar-refractivity contribution in [3.05, 3.63) is 55.4 Å². The predicted octanol–water partition coefficient (Wildman–Crippen LogP) is 5.95. The molecule has 0 saturated heterocycles. The summed E-state index contributed by atoms with van der Waals surface area (Å²) in [5.41, 5.74) is 3.59. The second-order valence-electron chi connectivity index (χ2n) is 3.52. The molecule has 2 rings (SSSR count). The van der Waals surface area contributed by atoms with Gasteiger partial charge in [-0.3, -0.25) is 0 Å². The highest BCUT2D eigenvalue weighted by Crippen LogP contribution is 2.39. The largest absolute Gasteiger partial charge is 0.0622 e. The molecule has 0 heterocycles. The van der Waals surface area contributed by atoms with Crippen LogP contribution in [0.2, 0.25) is 0 Å². The minimum absolute atomic E-state index is 1.10. The van der Waals surface area contributed by atoms with Crippen molar-refractivity contribution in [1.29, 1.82) is 0 Å². The van der Waals surface area contributed by atoms with Gasteiger partial charge in [0.1, 0.15) is 0 Å². The van der Waals surface area contributed by atoms with E-state index < -0.39 is 0 Å². The first-order valence-corrected chi connectivity index (χ1v) is 7.18. The van der Waals surface area contributed by atoms with Gasteiger partial charge in [-0.1, -0.05) is 46.3 Å². The Bertz CT molecular complexity index is 518. The molecule has 0 radical (unpaired) electrons. The Kier molecular flexibility index (Phi) is 3.88. The first kappa shape index (κ1) is 12.3. The summed E-state index contributed by atoms with van der Waals surface area (Å²) in [6, 6.07) is 12.5. The predicted molar refractivity (Wildman–Crippen MR) is 79.7 cm³/mol. The molecule has 0 unspecified atom stereocenters. The summed E-state index contributed by atoms with van der Waals surface area (Å²) >= 11 is 10.8. The molecule has 0 aliphatic rings. The van der Waals surface area contributed by atoms with Crippen molar-refractivity contribution in [2.45, 2.75) is 6.92 Å². The van der Waals surface area contributed by atoms with E-state index in [4.69, 9.17) is 0 Å². The fourth-order valence-electron chi connectivity index (χ4n) is 1.51. The van der Waals surface area contributed by atoms with Gasteiger partial charge in [-0.15, -0.1) is 0 Å². The van der Waals surface area contributed by atoms with Gasteiger partial charge in [-0.05, 0) is 61.5 Å². The van der Waals surface area contributed by atoms with Crippen LogP contribution in [0.4, 0.5) is 0 Å². The van der Waals surface area contributed by atoms with Crippen LogP contribution < -0.4 is 0 Å². The Balaban J connectivity index is 2.68. The van der Waals surface area contributed by atoms with Crippen LogP contribution >= 0.6 is 47.8 Å². The molecule has 0 N–H and O–H groups in total. The topological polar surface area (TPSA) is 0 Å². The van der Waals surface area contributed by atoms with Crippen LogP contribution in [0.3, 0.4) is 0 Å². The summed E-state index contributed by atoms with van der Waals surface area (Å²) < 4.78 is 3.31. The Hall–Kier alpha value is -0.120. The van der Waals surface area contributed by atoms with Gasteiger partial charge < -0.3 is 0 Å². The molecule has 0 bridgehead atoms. The molecule has 0 nitrogen and oxygen atoms in total. The van der Waals surface area contributed by atoms with Crippen molar-refractivity contribution in [1.82, 2.24) is 0 Å². The number of halogens is 3. The Morgan fingerprint density at radius 2 is 1.50 bits per heavy atom. The van der Waals surface area contributed by atoms with Crippen molar-refractivity contribution in [3.63, 3.8) is 0 Å². The van der Waals surface area contributed by atoms with E-state index in [-0.39, 0.29) is 0 Å². The molecule has 3 heteroatoms. The van der Waals surface area contributed by atoms with Gasteiger partial charge >= 0.3 is 0 Å². The molecule has 0 aromatic heterocycles. The lowest BCUT2D eigenvalue weighted by Crippen LogP contribution is -1.86. The second-order valence-corrected chi connectivity index (χ2v) is 5.97. The van der Waals surface area contributed by atoms with E-state index in [1.54, 1.807) is 0 Å². The number of hydrogen-bond donors (Lipinski definition) is 0. The molecule has 82 valence electrons. The van der Waals surface area contributed by atoms with Crippen LogP contribution in [0.25, 0.3) is 11.1 Å². The summed E-state index contributed by atoms with van der Waals surface area (Å²) in [5.74, 6) is 0. The first-order chi connectivity index (χ1) is 7.61. The smallest absolute Gasteiger partial charge is 0.0399 e. The number of hydrogen-bond acceptors (Lipinski definition) is 0. The lowest BCUT2D eigenvalue weighted by molar-refractivity contribution is 1.37. The van der Waals surface area contributed by atoms with Gasteiger partial charge in [0.25, 0.3) is 0 Å². The second kappa shape index (κ2) is 5.03. The lowest BCUT2D eigenvalue weighted by atomic mass is 10.0. The minimum Gasteiger partial charge on any atom is -0.0622 e. The van der Waals surface area contributed by atoms with Crippen LogP contribution in [-0.2, 0) is 0 Å². The van der Waals surface area contributed by atoms with Gasteiger partial charge in [-0.25, -0.2) is 0 Å². The van der Waals surface area contributed by atoms with Crippen molar-refractivity contribution < 1.29 is 0 Å². The number of rotatable bonds is 1. The van der Waals surface area contributed by atoms with Gasteiger partial charge in [-0.2, -0.15) is 0 Å². The third-order valence-corrected chi connectivity index (χ3v) is 5.64. The molecule has 0 fully saturated rings. The van der Waals surface area contributed by atoms with Gasteiger partial charge in [0.15, 0.2) is 0 Å². The van der Waals surface area contributed by atoms with Crippen LogP contribution in [-0.4, -0.2) is 0 Å². The van der Waals surface area contributed by atoms with E-state index in [1.807, 2.05) is 18.2 Å². The molecular weight excluding hydrogens is 396 g/mol. The molecule has 2 aromatic rings. The van der Waals surface area contributed by atoms with Crippen molar-refractivity contribution in [2.75, 3.05) is 0 Å². The first-order valence-electron chi connectivity index (χ1n) is 4.80. The molecule has 0 atom stereocenters. The highest BCUT2D eigenvalue weighted by atomic mass is 79.9. The highest BCUT2D eigenvalue weighted by molar-refractivity contribution is 9.13. The Labute approximate surface area is 120 Å². The van der Waals surface area contributed by atoms with Crippen LogP contribution in [0.1, 0.15) is 5.56 Å². The quantitative estimate of drug-likeness (QED) is 0.515. The highest BCUT2D eigenvalue weighted by Gasteiger charge is 2.11. The van der Waals surface area contributed by atoms with Crippen LogP contribution in [0, 0.1) is 6.92 Å².